The maximum absolute atomic E-state index is 13.2. The summed E-state index contributed by atoms with van der Waals surface area (Å²) < 4.78 is 40.4. The lowest BCUT2D eigenvalue weighted by molar-refractivity contribution is 0.600. The molecule has 5 heteroatoms. The van der Waals surface area contributed by atoms with Crippen molar-refractivity contribution in [2.45, 2.75) is 25.7 Å². The lowest BCUT2D eigenvalue weighted by Crippen LogP contribution is -2.15. The van der Waals surface area contributed by atoms with Crippen molar-refractivity contribution >= 4 is 15.7 Å². The molecular formula is C15H16FNO2S. The molecule has 0 amide bonds. The Balaban J connectivity index is 2.43. The smallest absolute Gasteiger partial charge is 0.262 e. The monoisotopic (exact) mass is 293 g/mol. The van der Waals surface area contributed by atoms with E-state index in [1.165, 1.54) is 18.2 Å². The lowest BCUT2D eigenvalue weighted by Gasteiger charge is -2.12. The van der Waals surface area contributed by atoms with E-state index in [0.29, 0.717) is 11.1 Å². The molecule has 0 aliphatic rings. The van der Waals surface area contributed by atoms with Crippen molar-refractivity contribution in [3.63, 3.8) is 0 Å². The predicted molar refractivity (Wildman–Crippen MR) is 77.9 cm³/mol. The Bertz CT molecular complexity index is 754. The topological polar surface area (TPSA) is 46.2 Å². The van der Waals surface area contributed by atoms with Crippen LogP contribution in [0.25, 0.3) is 0 Å². The van der Waals surface area contributed by atoms with Crippen molar-refractivity contribution in [1.82, 2.24) is 0 Å². The van der Waals surface area contributed by atoms with Crippen LogP contribution in [0.1, 0.15) is 16.7 Å². The van der Waals surface area contributed by atoms with Gasteiger partial charge < -0.3 is 0 Å². The number of anilines is 1. The standard InChI is InChI=1S/C15H16FNO2S/c1-10-4-7-15(12(3)8-10)20(18,19)17-14-9-13(16)6-5-11(14)2/h4-9,17H,1-3H3. The van der Waals surface area contributed by atoms with Crippen LogP contribution in [-0.4, -0.2) is 8.42 Å². The highest BCUT2D eigenvalue weighted by Gasteiger charge is 2.18. The van der Waals surface area contributed by atoms with Crippen LogP contribution in [0.5, 0.6) is 0 Å². The predicted octanol–water partition coefficient (Wildman–Crippen LogP) is 3.55. The summed E-state index contributed by atoms with van der Waals surface area (Å²) >= 11 is 0. The average Bonchev–Trinajstić information content (AvgIpc) is 2.33. The van der Waals surface area contributed by atoms with Crippen LogP contribution < -0.4 is 4.72 Å². The summed E-state index contributed by atoms with van der Waals surface area (Å²) in [6.45, 7) is 5.35. The van der Waals surface area contributed by atoms with Gasteiger partial charge in [0.2, 0.25) is 0 Å². The number of aryl methyl sites for hydroxylation is 3. The molecule has 3 nitrogen and oxygen atoms in total. The van der Waals surface area contributed by atoms with Crippen molar-refractivity contribution in [3.05, 3.63) is 58.9 Å². The Kier molecular flexibility index (Phi) is 3.81. The third-order valence-corrected chi connectivity index (χ3v) is 4.59. The first-order valence-electron chi connectivity index (χ1n) is 6.16. The van der Waals surface area contributed by atoms with E-state index in [4.69, 9.17) is 0 Å². The number of benzene rings is 2. The number of hydrogen-bond acceptors (Lipinski definition) is 2. The fourth-order valence-electron chi connectivity index (χ4n) is 2.00. The quantitative estimate of drug-likeness (QED) is 0.940. The summed E-state index contributed by atoms with van der Waals surface area (Å²) in [7, 11) is -3.72. The van der Waals surface area contributed by atoms with E-state index in [-0.39, 0.29) is 10.6 Å². The van der Waals surface area contributed by atoms with Gasteiger partial charge in [0.25, 0.3) is 10.0 Å². The fourth-order valence-corrected chi connectivity index (χ4v) is 3.35. The molecule has 0 saturated carbocycles. The van der Waals surface area contributed by atoms with E-state index in [9.17, 15) is 12.8 Å². The molecule has 0 aliphatic carbocycles. The van der Waals surface area contributed by atoms with E-state index in [2.05, 4.69) is 4.72 Å². The van der Waals surface area contributed by atoms with Crippen molar-refractivity contribution < 1.29 is 12.8 Å². The zero-order chi connectivity index (χ0) is 14.9. The second kappa shape index (κ2) is 5.25. The molecule has 2 aromatic carbocycles. The highest BCUT2D eigenvalue weighted by Crippen LogP contribution is 2.23. The van der Waals surface area contributed by atoms with Gasteiger partial charge in [0.15, 0.2) is 0 Å². The van der Waals surface area contributed by atoms with Crippen molar-refractivity contribution in [1.29, 1.82) is 0 Å². The molecular weight excluding hydrogens is 277 g/mol. The molecule has 0 heterocycles. The first kappa shape index (κ1) is 14.5. The van der Waals surface area contributed by atoms with Crippen LogP contribution in [-0.2, 0) is 10.0 Å². The number of rotatable bonds is 3. The number of nitrogens with one attached hydrogen (secondary N) is 1. The van der Waals surface area contributed by atoms with Gasteiger partial charge in [-0.25, -0.2) is 12.8 Å². The van der Waals surface area contributed by atoms with E-state index in [1.807, 2.05) is 6.92 Å². The van der Waals surface area contributed by atoms with Gasteiger partial charge >= 0.3 is 0 Å². The molecule has 0 aromatic heterocycles. The van der Waals surface area contributed by atoms with Gasteiger partial charge in [0.1, 0.15) is 5.82 Å². The molecule has 0 radical (unpaired) electrons. The maximum atomic E-state index is 13.2. The van der Waals surface area contributed by atoms with E-state index in [1.54, 1.807) is 32.0 Å². The van der Waals surface area contributed by atoms with E-state index >= 15 is 0 Å². The van der Waals surface area contributed by atoms with Crippen LogP contribution in [0.3, 0.4) is 0 Å². The molecule has 2 aromatic rings. The second-order valence-electron chi connectivity index (χ2n) is 4.83. The summed E-state index contributed by atoms with van der Waals surface area (Å²) in [5.41, 5.74) is 2.57. The van der Waals surface area contributed by atoms with Crippen molar-refractivity contribution in [3.8, 4) is 0 Å². The third kappa shape index (κ3) is 2.99. The van der Waals surface area contributed by atoms with Crippen molar-refractivity contribution in [2.24, 2.45) is 0 Å². The van der Waals surface area contributed by atoms with E-state index < -0.39 is 15.8 Å². The Hall–Kier alpha value is -1.88. The van der Waals surface area contributed by atoms with E-state index in [0.717, 1.165) is 5.56 Å². The first-order chi connectivity index (χ1) is 9.29. The Morgan fingerprint density at radius 3 is 2.30 bits per heavy atom. The average molecular weight is 293 g/mol. The van der Waals surface area contributed by atoms with Gasteiger partial charge in [-0.15, -0.1) is 0 Å². The summed E-state index contributed by atoms with van der Waals surface area (Å²) in [5.74, 6) is -0.478. The van der Waals surface area contributed by atoms with Gasteiger partial charge in [-0.05, 0) is 50.1 Å². The Morgan fingerprint density at radius 2 is 1.65 bits per heavy atom. The van der Waals surface area contributed by atoms with Crippen LogP contribution >= 0.6 is 0 Å². The van der Waals surface area contributed by atoms with Crippen molar-refractivity contribution in [2.75, 3.05) is 4.72 Å². The molecule has 0 bridgehead atoms. The molecule has 2 rings (SSSR count). The highest BCUT2D eigenvalue weighted by atomic mass is 32.2. The van der Waals surface area contributed by atoms with Crippen LogP contribution in [0.4, 0.5) is 10.1 Å². The summed E-state index contributed by atoms with van der Waals surface area (Å²) in [5, 5.41) is 0. The zero-order valence-electron chi connectivity index (χ0n) is 11.6. The Labute approximate surface area is 118 Å². The molecule has 20 heavy (non-hydrogen) atoms. The normalized spacial score (nSPS) is 11.4. The zero-order valence-corrected chi connectivity index (χ0v) is 12.4. The van der Waals surface area contributed by atoms with Gasteiger partial charge in [0.05, 0.1) is 10.6 Å². The minimum absolute atomic E-state index is 0.201. The Morgan fingerprint density at radius 1 is 0.950 bits per heavy atom. The summed E-state index contributed by atoms with van der Waals surface area (Å²) in [4.78, 5) is 0.201. The SMILES string of the molecule is Cc1ccc(S(=O)(=O)Nc2cc(F)ccc2C)c(C)c1. The van der Waals surface area contributed by atoms with Crippen LogP contribution in [0.2, 0.25) is 0 Å². The fraction of sp³-hybridized carbons (Fsp3) is 0.200. The van der Waals surface area contributed by atoms with Gasteiger partial charge in [-0.1, -0.05) is 23.8 Å². The minimum Gasteiger partial charge on any atom is -0.279 e. The maximum Gasteiger partial charge on any atom is 0.262 e. The van der Waals surface area contributed by atoms with Gasteiger partial charge in [0, 0.05) is 0 Å². The van der Waals surface area contributed by atoms with Crippen LogP contribution in [0, 0.1) is 26.6 Å². The van der Waals surface area contributed by atoms with Crippen LogP contribution in [0.15, 0.2) is 41.3 Å². The molecule has 0 spiro atoms. The molecule has 106 valence electrons. The third-order valence-electron chi connectivity index (χ3n) is 3.06. The molecule has 0 saturated heterocycles. The number of sulfonamides is 1. The molecule has 0 aliphatic heterocycles. The molecule has 1 N–H and O–H groups in total. The lowest BCUT2D eigenvalue weighted by atomic mass is 10.2. The first-order valence-corrected chi connectivity index (χ1v) is 7.64. The van der Waals surface area contributed by atoms with Gasteiger partial charge in [-0.2, -0.15) is 0 Å². The largest absolute Gasteiger partial charge is 0.279 e. The molecule has 0 atom stereocenters. The highest BCUT2D eigenvalue weighted by molar-refractivity contribution is 7.92. The second-order valence-corrected chi connectivity index (χ2v) is 6.48. The van der Waals surface area contributed by atoms with Gasteiger partial charge in [-0.3, -0.25) is 4.72 Å². The summed E-state index contributed by atoms with van der Waals surface area (Å²) in [6.07, 6.45) is 0. The number of hydrogen-bond donors (Lipinski definition) is 1. The molecule has 0 fully saturated rings. The molecule has 0 unspecified atom stereocenters. The summed E-state index contributed by atoms with van der Waals surface area (Å²) in [6, 6.07) is 9.10. The minimum atomic E-state index is -3.72. The number of halogens is 1.